The molecule has 0 fully saturated rings. The molecule has 0 atom stereocenters. The molecule has 0 spiro atoms. The second-order valence-electron chi connectivity index (χ2n) is 6.62. The molecule has 1 heterocycles. The van der Waals surface area contributed by atoms with Gasteiger partial charge in [0, 0.05) is 15.4 Å². The molecule has 0 saturated heterocycles. The van der Waals surface area contributed by atoms with Crippen LogP contribution in [-0.4, -0.2) is 24.1 Å². The highest BCUT2D eigenvalue weighted by atomic mass is 79.9. The van der Waals surface area contributed by atoms with Gasteiger partial charge in [-0.15, -0.1) is 11.3 Å². The first-order valence-electron chi connectivity index (χ1n) is 9.34. The Balaban J connectivity index is 1.58. The van der Waals surface area contributed by atoms with Crippen molar-refractivity contribution in [3.63, 3.8) is 0 Å². The molecular weight excluding hydrogens is 452 g/mol. The number of anilines is 1. The molecule has 5 nitrogen and oxygen atoms in total. The van der Waals surface area contributed by atoms with E-state index in [9.17, 15) is 4.79 Å². The van der Waals surface area contributed by atoms with E-state index in [1.807, 2.05) is 55.6 Å². The third kappa shape index (κ3) is 5.81. The number of thiazole rings is 1. The van der Waals surface area contributed by atoms with Crippen LogP contribution in [0.3, 0.4) is 0 Å². The van der Waals surface area contributed by atoms with E-state index in [4.69, 9.17) is 9.47 Å². The second kappa shape index (κ2) is 9.89. The van der Waals surface area contributed by atoms with Crippen LogP contribution in [0.1, 0.15) is 24.5 Å². The maximum absolute atomic E-state index is 12.3. The zero-order valence-electron chi connectivity index (χ0n) is 16.6. The predicted octanol–water partition coefficient (Wildman–Crippen LogP) is 6.00. The maximum atomic E-state index is 12.3. The summed E-state index contributed by atoms with van der Waals surface area (Å²) >= 11 is 4.84. The van der Waals surface area contributed by atoms with Gasteiger partial charge < -0.3 is 9.47 Å². The van der Waals surface area contributed by atoms with Crippen molar-refractivity contribution in [2.45, 2.75) is 27.2 Å². The van der Waals surface area contributed by atoms with E-state index in [0.717, 1.165) is 44.8 Å². The minimum absolute atomic E-state index is 0.0678. The average Bonchev–Trinajstić information content (AvgIpc) is 3.14. The summed E-state index contributed by atoms with van der Waals surface area (Å²) in [4.78, 5) is 16.8. The Bertz CT molecular complexity index is 963. The van der Waals surface area contributed by atoms with Crippen molar-refractivity contribution in [2.75, 3.05) is 18.5 Å². The van der Waals surface area contributed by atoms with Crippen LogP contribution >= 0.6 is 27.3 Å². The van der Waals surface area contributed by atoms with Crippen molar-refractivity contribution in [1.29, 1.82) is 0 Å². The number of nitrogens with one attached hydrogen (secondary N) is 1. The number of halogens is 1. The minimum atomic E-state index is -0.240. The Morgan fingerprint density at radius 2 is 1.83 bits per heavy atom. The van der Waals surface area contributed by atoms with E-state index >= 15 is 0 Å². The lowest BCUT2D eigenvalue weighted by atomic mass is 10.1. The van der Waals surface area contributed by atoms with Gasteiger partial charge in [-0.05, 0) is 67.8 Å². The highest BCUT2D eigenvalue weighted by Gasteiger charge is 2.11. The zero-order chi connectivity index (χ0) is 20.8. The van der Waals surface area contributed by atoms with Crippen molar-refractivity contribution in [3.05, 3.63) is 57.4 Å². The van der Waals surface area contributed by atoms with Crippen LogP contribution < -0.4 is 14.8 Å². The molecule has 0 radical (unpaired) electrons. The number of carbonyl (C=O) groups is 1. The highest BCUT2D eigenvalue weighted by Crippen LogP contribution is 2.28. The molecule has 0 saturated carbocycles. The average molecular weight is 475 g/mol. The minimum Gasteiger partial charge on any atom is -0.494 e. The summed E-state index contributed by atoms with van der Waals surface area (Å²) in [5.74, 6) is 1.33. The highest BCUT2D eigenvalue weighted by molar-refractivity contribution is 9.10. The Morgan fingerprint density at radius 3 is 2.48 bits per heavy atom. The van der Waals surface area contributed by atoms with E-state index in [1.165, 1.54) is 11.3 Å². The third-order valence-electron chi connectivity index (χ3n) is 4.15. The van der Waals surface area contributed by atoms with Gasteiger partial charge in [0.1, 0.15) is 11.5 Å². The van der Waals surface area contributed by atoms with Crippen LogP contribution in [0.15, 0.2) is 46.3 Å². The van der Waals surface area contributed by atoms with Gasteiger partial charge in [-0.3, -0.25) is 10.1 Å². The van der Waals surface area contributed by atoms with Crippen molar-refractivity contribution in [1.82, 2.24) is 4.98 Å². The summed E-state index contributed by atoms with van der Waals surface area (Å²) in [6.45, 7) is 6.62. The Hall–Kier alpha value is -2.38. The number of carbonyl (C=O) groups excluding carboxylic acids is 1. The molecule has 3 rings (SSSR count). The molecule has 152 valence electrons. The summed E-state index contributed by atoms with van der Waals surface area (Å²) in [5.41, 5.74) is 3.75. The normalized spacial score (nSPS) is 10.6. The number of rotatable bonds is 8. The third-order valence-corrected chi connectivity index (χ3v) is 5.36. The number of nitrogens with zero attached hydrogens (tertiary/aromatic N) is 1. The molecular formula is C22H23BrN2O3S. The Morgan fingerprint density at radius 1 is 1.14 bits per heavy atom. The van der Waals surface area contributed by atoms with Crippen LogP contribution in [0.25, 0.3) is 11.3 Å². The van der Waals surface area contributed by atoms with Crippen LogP contribution in [0.2, 0.25) is 0 Å². The van der Waals surface area contributed by atoms with Gasteiger partial charge in [-0.1, -0.05) is 22.9 Å². The summed E-state index contributed by atoms with van der Waals surface area (Å²) in [6, 6.07) is 11.7. The maximum Gasteiger partial charge on any atom is 0.264 e. The fraction of sp³-hybridized carbons (Fsp3) is 0.273. The lowest BCUT2D eigenvalue weighted by Gasteiger charge is -2.12. The summed E-state index contributed by atoms with van der Waals surface area (Å²) in [5, 5.41) is 5.27. The van der Waals surface area contributed by atoms with Gasteiger partial charge in [0.05, 0.1) is 12.3 Å². The standard InChI is InChI=1S/C22H23BrN2O3S/c1-4-9-27-18-7-5-16(6-8-18)19-13-29-22(24-19)25-20(26)12-28-21-14(2)10-17(23)11-15(21)3/h5-8,10-11,13H,4,9,12H2,1-3H3,(H,24,25,26). The topological polar surface area (TPSA) is 60.5 Å². The molecule has 7 heteroatoms. The van der Waals surface area contributed by atoms with Gasteiger partial charge in [-0.2, -0.15) is 0 Å². The molecule has 0 unspecified atom stereocenters. The first-order valence-corrected chi connectivity index (χ1v) is 11.0. The number of aryl methyl sites for hydroxylation is 2. The number of ether oxygens (including phenoxy) is 2. The van der Waals surface area contributed by atoms with E-state index in [-0.39, 0.29) is 12.5 Å². The first kappa shape index (κ1) is 21.3. The van der Waals surface area contributed by atoms with Crippen molar-refractivity contribution >= 4 is 38.3 Å². The van der Waals surface area contributed by atoms with Gasteiger partial charge in [0.2, 0.25) is 0 Å². The largest absolute Gasteiger partial charge is 0.494 e. The fourth-order valence-electron chi connectivity index (χ4n) is 2.82. The Labute approximate surface area is 183 Å². The molecule has 1 amide bonds. The Kier molecular flexibility index (Phi) is 7.28. The molecule has 29 heavy (non-hydrogen) atoms. The molecule has 0 aliphatic carbocycles. The lowest BCUT2D eigenvalue weighted by Crippen LogP contribution is -2.20. The molecule has 2 aromatic carbocycles. The molecule has 0 aliphatic heterocycles. The molecule has 1 aromatic heterocycles. The van der Waals surface area contributed by atoms with Crippen LogP contribution in [0.5, 0.6) is 11.5 Å². The molecule has 0 bridgehead atoms. The van der Waals surface area contributed by atoms with E-state index < -0.39 is 0 Å². The smallest absolute Gasteiger partial charge is 0.264 e. The van der Waals surface area contributed by atoms with Gasteiger partial charge >= 0.3 is 0 Å². The van der Waals surface area contributed by atoms with Crippen LogP contribution in [0, 0.1) is 13.8 Å². The monoisotopic (exact) mass is 474 g/mol. The summed E-state index contributed by atoms with van der Waals surface area (Å²) in [6.07, 6.45) is 0.974. The van der Waals surface area contributed by atoms with Crippen molar-refractivity contribution in [3.8, 4) is 22.8 Å². The van der Waals surface area contributed by atoms with E-state index in [0.29, 0.717) is 11.7 Å². The van der Waals surface area contributed by atoms with E-state index in [2.05, 4.69) is 33.2 Å². The first-order chi connectivity index (χ1) is 14.0. The molecule has 0 aliphatic rings. The van der Waals surface area contributed by atoms with Crippen molar-refractivity contribution in [2.24, 2.45) is 0 Å². The fourth-order valence-corrected chi connectivity index (χ4v) is 4.25. The van der Waals surface area contributed by atoms with Gasteiger partial charge in [0.15, 0.2) is 11.7 Å². The zero-order valence-corrected chi connectivity index (χ0v) is 19.0. The SMILES string of the molecule is CCCOc1ccc(-c2csc(NC(=O)COc3c(C)cc(Br)cc3C)n2)cc1. The number of amides is 1. The second-order valence-corrected chi connectivity index (χ2v) is 8.39. The van der Waals surface area contributed by atoms with E-state index in [1.54, 1.807) is 0 Å². The molecule has 3 aromatic rings. The van der Waals surface area contributed by atoms with Crippen LogP contribution in [0.4, 0.5) is 5.13 Å². The number of aromatic nitrogens is 1. The number of hydrogen-bond donors (Lipinski definition) is 1. The van der Waals surface area contributed by atoms with Crippen molar-refractivity contribution < 1.29 is 14.3 Å². The van der Waals surface area contributed by atoms with Gasteiger partial charge in [-0.25, -0.2) is 4.98 Å². The summed E-state index contributed by atoms with van der Waals surface area (Å²) in [7, 11) is 0. The predicted molar refractivity (Wildman–Crippen MR) is 121 cm³/mol. The summed E-state index contributed by atoms with van der Waals surface area (Å²) < 4.78 is 12.3. The number of benzene rings is 2. The van der Waals surface area contributed by atoms with Crippen LogP contribution in [-0.2, 0) is 4.79 Å². The lowest BCUT2D eigenvalue weighted by molar-refractivity contribution is -0.118. The number of hydrogen-bond acceptors (Lipinski definition) is 5. The quantitative estimate of drug-likeness (QED) is 0.435. The van der Waals surface area contributed by atoms with Gasteiger partial charge in [0.25, 0.3) is 5.91 Å². The molecule has 1 N–H and O–H groups in total.